The van der Waals surface area contributed by atoms with Gasteiger partial charge in [-0.3, -0.25) is 0 Å². The summed E-state index contributed by atoms with van der Waals surface area (Å²) in [6.45, 7) is 2.39. The Morgan fingerprint density at radius 3 is 2.42 bits per heavy atom. The van der Waals surface area contributed by atoms with Gasteiger partial charge >= 0.3 is 0 Å². The van der Waals surface area contributed by atoms with Crippen molar-refractivity contribution in [3.05, 3.63) is 0 Å². The van der Waals surface area contributed by atoms with Gasteiger partial charge < -0.3 is 10.1 Å². The molecule has 2 heteroatoms. The molecular weight excluding hydrogens is 234 g/mol. The lowest BCUT2D eigenvalue weighted by atomic mass is 9.55. The van der Waals surface area contributed by atoms with Crippen molar-refractivity contribution in [1.29, 1.82) is 0 Å². The van der Waals surface area contributed by atoms with Crippen LogP contribution in [0.25, 0.3) is 0 Å². The molecule has 3 saturated carbocycles. The van der Waals surface area contributed by atoms with Crippen LogP contribution in [0.15, 0.2) is 0 Å². The van der Waals surface area contributed by atoms with Crippen molar-refractivity contribution in [3.63, 3.8) is 0 Å². The van der Waals surface area contributed by atoms with Gasteiger partial charge in [0.1, 0.15) is 0 Å². The van der Waals surface area contributed by atoms with E-state index in [1.807, 2.05) is 0 Å². The van der Waals surface area contributed by atoms with E-state index in [9.17, 15) is 0 Å². The van der Waals surface area contributed by atoms with E-state index < -0.39 is 0 Å². The lowest BCUT2D eigenvalue weighted by molar-refractivity contribution is -0.189. The van der Waals surface area contributed by atoms with Crippen LogP contribution in [0.1, 0.15) is 71.1 Å². The minimum Gasteiger partial charge on any atom is -0.374 e. The first-order chi connectivity index (χ1) is 9.26. The highest BCUT2D eigenvalue weighted by molar-refractivity contribution is 5.08. The maximum Gasteiger partial charge on any atom is 0.0665 e. The first-order valence-electron chi connectivity index (χ1n) is 8.59. The zero-order valence-electron chi connectivity index (χ0n) is 12.8. The first-order valence-corrected chi connectivity index (χ1v) is 8.59. The number of rotatable bonds is 3. The molecule has 0 heterocycles. The molecule has 1 N–H and O–H groups in total. The third kappa shape index (κ3) is 2.47. The molecule has 0 aromatic heterocycles. The summed E-state index contributed by atoms with van der Waals surface area (Å²) in [6, 6.07) is 0.719. The van der Waals surface area contributed by atoms with Crippen LogP contribution >= 0.6 is 0 Å². The average molecular weight is 265 g/mol. The van der Waals surface area contributed by atoms with Crippen molar-refractivity contribution in [1.82, 2.24) is 5.32 Å². The Bertz CT molecular complexity index is 298. The van der Waals surface area contributed by atoms with Gasteiger partial charge in [-0.05, 0) is 45.1 Å². The van der Waals surface area contributed by atoms with Crippen molar-refractivity contribution in [3.8, 4) is 0 Å². The molecule has 3 rings (SSSR count). The van der Waals surface area contributed by atoms with Crippen LogP contribution in [-0.4, -0.2) is 25.3 Å². The normalized spacial score (nSPS) is 42.0. The fourth-order valence-corrected chi connectivity index (χ4v) is 4.92. The predicted octanol–water partition coefficient (Wildman–Crippen LogP) is 3.89. The van der Waals surface area contributed by atoms with Gasteiger partial charge in [-0.1, -0.05) is 39.0 Å². The van der Waals surface area contributed by atoms with Gasteiger partial charge in [-0.2, -0.15) is 0 Å². The summed E-state index contributed by atoms with van der Waals surface area (Å²) in [4.78, 5) is 0. The molecule has 19 heavy (non-hydrogen) atoms. The Balaban J connectivity index is 1.64. The average Bonchev–Trinajstić information content (AvgIpc) is 2.45. The maximum absolute atomic E-state index is 6.62. The van der Waals surface area contributed by atoms with Gasteiger partial charge in [-0.15, -0.1) is 0 Å². The summed E-state index contributed by atoms with van der Waals surface area (Å²) in [6.07, 6.45) is 14.9. The van der Waals surface area contributed by atoms with E-state index in [-0.39, 0.29) is 0 Å². The molecule has 2 nitrogen and oxygen atoms in total. The van der Waals surface area contributed by atoms with Crippen molar-refractivity contribution >= 4 is 0 Å². The van der Waals surface area contributed by atoms with Crippen LogP contribution in [0.2, 0.25) is 0 Å². The molecule has 0 radical (unpaired) electrons. The SMILES string of the molecule is CNC1CC(OC2CCCCC2C)C12CCCCC2. The maximum atomic E-state index is 6.62. The number of nitrogens with one attached hydrogen (secondary N) is 1. The molecule has 4 atom stereocenters. The summed E-state index contributed by atoms with van der Waals surface area (Å²) < 4.78 is 6.62. The van der Waals surface area contributed by atoms with Gasteiger partial charge in [-0.25, -0.2) is 0 Å². The molecule has 3 aliphatic rings. The van der Waals surface area contributed by atoms with Gasteiger partial charge in [0.05, 0.1) is 12.2 Å². The Kier molecular flexibility index (Phi) is 4.19. The summed E-state index contributed by atoms with van der Waals surface area (Å²) in [5, 5.41) is 3.56. The quantitative estimate of drug-likeness (QED) is 0.836. The van der Waals surface area contributed by atoms with E-state index >= 15 is 0 Å². The van der Waals surface area contributed by atoms with Crippen LogP contribution < -0.4 is 5.32 Å². The fourth-order valence-electron chi connectivity index (χ4n) is 4.92. The Morgan fingerprint density at radius 2 is 1.74 bits per heavy atom. The summed E-state index contributed by atoms with van der Waals surface area (Å²) in [5.41, 5.74) is 0.490. The van der Waals surface area contributed by atoms with E-state index in [1.54, 1.807) is 0 Å². The molecule has 0 amide bonds. The highest BCUT2D eigenvalue weighted by Crippen LogP contribution is 2.54. The molecule has 3 fully saturated rings. The minimum absolute atomic E-state index is 0.490. The van der Waals surface area contributed by atoms with Gasteiger partial charge in [0.25, 0.3) is 0 Å². The van der Waals surface area contributed by atoms with Gasteiger partial charge in [0, 0.05) is 11.5 Å². The van der Waals surface area contributed by atoms with E-state index in [2.05, 4.69) is 19.3 Å². The lowest BCUT2D eigenvalue weighted by Crippen LogP contribution is -2.64. The Labute approximate surface area is 118 Å². The third-order valence-electron chi connectivity index (χ3n) is 6.29. The van der Waals surface area contributed by atoms with Gasteiger partial charge in [0.2, 0.25) is 0 Å². The number of hydrogen-bond donors (Lipinski definition) is 1. The first kappa shape index (κ1) is 13.9. The van der Waals surface area contributed by atoms with Crippen molar-refractivity contribution < 1.29 is 4.74 Å². The number of ether oxygens (including phenoxy) is 1. The molecule has 0 aromatic carbocycles. The molecule has 0 bridgehead atoms. The zero-order chi connectivity index (χ0) is 13.3. The highest BCUT2D eigenvalue weighted by Gasteiger charge is 2.55. The summed E-state index contributed by atoms with van der Waals surface area (Å²) in [5.74, 6) is 0.781. The lowest BCUT2D eigenvalue weighted by Gasteiger charge is -2.58. The van der Waals surface area contributed by atoms with Crippen LogP contribution in [-0.2, 0) is 4.74 Å². The van der Waals surface area contributed by atoms with E-state index in [0.29, 0.717) is 17.6 Å². The molecule has 1 spiro atoms. The van der Waals surface area contributed by atoms with Crippen molar-refractivity contribution in [2.24, 2.45) is 11.3 Å². The van der Waals surface area contributed by atoms with Gasteiger partial charge in [0.15, 0.2) is 0 Å². The van der Waals surface area contributed by atoms with E-state index in [4.69, 9.17) is 4.74 Å². The molecule has 0 aliphatic heterocycles. The van der Waals surface area contributed by atoms with Crippen LogP contribution in [0.4, 0.5) is 0 Å². The van der Waals surface area contributed by atoms with Crippen LogP contribution in [0.5, 0.6) is 0 Å². The largest absolute Gasteiger partial charge is 0.374 e. The topological polar surface area (TPSA) is 21.3 Å². The standard InChI is InChI=1S/C17H31NO/c1-13-8-4-5-9-14(13)19-16-12-15(18-2)17(16)10-6-3-7-11-17/h13-16,18H,3-12H2,1-2H3. The third-order valence-corrected chi connectivity index (χ3v) is 6.29. The van der Waals surface area contributed by atoms with E-state index in [0.717, 1.165) is 12.0 Å². The number of hydrogen-bond acceptors (Lipinski definition) is 2. The summed E-state index contributed by atoms with van der Waals surface area (Å²) >= 11 is 0. The Hall–Kier alpha value is -0.0800. The molecule has 0 aromatic rings. The Morgan fingerprint density at radius 1 is 1.00 bits per heavy atom. The monoisotopic (exact) mass is 265 g/mol. The smallest absolute Gasteiger partial charge is 0.0665 e. The van der Waals surface area contributed by atoms with Crippen LogP contribution in [0, 0.1) is 11.3 Å². The highest BCUT2D eigenvalue weighted by atomic mass is 16.5. The van der Waals surface area contributed by atoms with Crippen molar-refractivity contribution in [2.45, 2.75) is 89.4 Å². The molecule has 110 valence electrons. The second-order valence-corrected chi connectivity index (χ2v) is 7.30. The van der Waals surface area contributed by atoms with E-state index in [1.165, 1.54) is 64.2 Å². The second kappa shape index (κ2) is 5.73. The molecule has 3 aliphatic carbocycles. The van der Waals surface area contributed by atoms with Crippen molar-refractivity contribution in [2.75, 3.05) is 7.05 Å². The molecule has 4 unspecified atom stereocenters. The second-order valence-electron chi connectivity index (χ2n) is 7.30. The molecular formula is C17H31NO. The van der Waals surface area contributed by atoms with Crippen LogP contribution in [0.3, 0.4) is 0 Å². The summed E-state index contributed by atoms with van der Waals surface area (Å²) in [7, 11) is 2.14. The molecule has 0 saturated heterocycles. The zero-order valence-corrected chi connectivity index (χ0v) is 12.8. The fraction of sp³-hybridized carbons (Fsp3) is 1.00. The predicted molar refractivity (Wildman–Crippen MR) is 79.3 cm³/mol. The minimum atomic E-state index is 0.490.